The van der Waals surface area contributed by atoms with E-state index in [2.05, 4.69) is 19.7 Å². The number of aromatic nitrogens is 3. The lowest BCUT2D eigenvalue weighted by molar-refractivity contribution is -0.154. The number of imidazole rings is 1. The molecule has 4 nitrogen and oxygen atoms in total. The number of nitrogens with one attached hydrogen (secondary N) is 2. The molecule has 2 rings (SSSR count). The zero-order valence-corrected chi connectivity index (χ0v) is 8.58. The summed E-state index contributed by atoms with van der Waals surface area (Å²) in [4.78, 5) is 9.28. The van der Waals surface area contributed by atoms with Gasteiger partial charge in [0.25, 0.3) is 0 Å². The Bertz CT molecular complexity index is 559. The van der Waals surface area contributed by atoms with Crippen LogP contribution in [0.5, 0.6) is 5.88 Å². The summed E-state index contributed by atoms with van der Waals surface area (Å²) < 4.78 is 40.5. The van der Waals surface area contributed by atoms with Crippen molar-refractivity contribution in [1.82, 2.24) is 15.0 Å². The average molecular weight is 249 g/mol. The molecule has 0 unspecified atom stereocenters. The van der Waals surface area contributed by atoms with E-state index >= 15 is 0 Å². The molecule has 0 aliphatic heterocycles. The Morgan fingerprint density at radius 3 is 2.75 bits per heavy atom. The lowest BCUT2D eigenvalue weighted by atomic mass is 10.4. The van der Waals surface area contributed by atoms with Crippen molar-refractivity contribution < 1.29 is 17.9 Å². The molecule has 0 amide bonds. The SMILES string of the molecule is FC(F)(F)COc1ccc2[nH]c(=S)[nH]c2n1. The number of halogens is 3. The fourth-order valence-corrected chi connectivity index (χ4v) is 1.34. The van der Waals surface area contributed by atoms with Gasteiger partial charge in [-0.3, -0.25) is 0 Å². The summed E-state index contributed by atoms with van der Waals surface area (Å²) in [5.74, 6) is -0.102. The van der Waals surface area contributed by atoms with Gasteiger partial charge in [0.1, 0.15) is 0 Å². The van der Waals surface area contributed by atoms with E-state index in [4.69, 9.17) is 12.2 Å². The van der Waals surface area contributed by atoms with E-state index in [9.17, 15) is 13.2 Å². The fourth-order valence-electron chi connectivity index (χ4n) is 1.13. The summed E-state index contributed by atoms with van der Waals surface area (Å²) >= 11 is 4.81. The summed E-state index contributed by atoms with van der Waals surface area (Å²) in [7, 11) is 0. The van der Waals surface area contributed by atoms with Crippen LogP contribution in [0.4, 0.5) is 13.2 Å². The van der Waals surface area contributed by atoms with Crippen molar-refractivity contribution in [2.24, 2.45) is 0 Å². The van der Waals surface area contributed by atoms with Gasteiger partial charge >= 0.3 is 6.18 Å². The molecule has 8 heteroatoms. The van der Waals surface area contributed by atoms with Crippen LogP contribution in [0, 0.1) is 4.77 Å². The summed E-state index contributed by atoms with van der Waals surface area (Å²) in [6, 6.07) is 2.88. The molecule has 2 heterocycles. The Morgan fingerprint density at radius 1 is 1.31 bits per heavy atom. The third kappa shape index (κ3) is 2.51. The second kappa shape index (κ2) is 3.78. The summed E-state index contributed by atoms with van der Waals surface area (Å²) in [6.07, 6.45) is -4.37. The van der Waals surface area contributed by atoms with Gasteiger partial charge in [0.2, 0.25) is 5.88 Å². The molecule has 0 radical (unpaired) electrons. The van der Waals surface area contributed by atoms with Crippen LogP contribution in [0.2, 0.25) is 0 Å². The lowest BCUT2D eigenvalue weighted by Gasteiger charge is -2.07. The topological polar surface area (TPSA) is 53.7 Å². The number of rotatable bonds is 2. The number of ether oxygens (including phenoxy) is 1. The van der Waals surface area contributed by atoms with Gasteiger partial charge in [0.15, 0.2) is 17.0 Å². The molecular formula is C8H6F3N3OS. The van der Waals surface area contributed by atoms with E-state index in [1.54, 1.807) is 6.07 Å². The Balaban J connectivity index is 2.22. The molecule has 86 valence electrons. The van der Waals surface area contributed by atoms with Gasteiger partial charge in [-0.25, -0.2) is 0 Å². The van der Waals surface area contributed by atoms with Crippen LogP contribution in [-0.2, 0) is 0 Å². The van der Waals surface area contributed by atoms with Crippen LogP contribution in [0.3, 0.4) is 0 Å². The number of nitrogens with zero attached hydrogens (tertiary/aromatic N) is 1. The van der Waals surface area contributed by atoms with Crippen molar-refractivity contribution in [2.45, 2.75) is 6.18 Å². The molecule has 0 atom stereocenters. The van der Waals surface area contributed by atoms with Gasteiger partial charge in [-0.15, -0.1) is 0 Å². The molecule has 16 heavy (non-hydrogen) atoms. The quantitative estimate of drug-likeness (QED) is 0.804. The van der Waals surface area contributed by atoms with Crippen molar-refractivity contribution in [1.29, 1.82) is 0 Å². The largest absolute Gasteiger partial charge is 0.468 e. The van der Waals surface area contributed by atoms with Crippen LogP contribution < -0.4 is 4.74 Å². The van der Waals surface area contributed by atoms with E-state index in [0.717, 1.165) is 0 Å². The van der Waals surface area contributed by atoms with Crippen LogP contribution in [0.15, 0.2) is 12.1 Å². The zero-order chi connectivity index (χ0) is 11.8. The number of fused-ring (bicyclic) bond motifs is 1. The molecule has 2 N–H and O–H groups in total. The summed E-state index contributed by atoms with van der Waals surface area (Å²) in [5, 5.41) is 0. The second-order valence-corrected chi connectivity index (χ2v) is 3.44. The Morgan fingerprint density at radius 2 is 2.06 bits per heavy atom. The third-order valence-corrected chi connectivity index (χ3v) is 1.94. The van der Waals surface area contributed by atoms with Crippen molar-refractivity contribution in [3.8, 4) is 5.88 Å². The summed E-state index contributed by atoms with van der Waals surface area (Å²) in [6.45, 7) is -1.36. The predicted octanol–water partition coefficient (Wildman–Crippen LogP) is 2.56. The number of hydrogen-bond acceptors (Lipinski definition) is 3. The molecule has 2 aromatic rings. The van der Waals surface area contributed by atoms with E-state index in [-0.39, 0.29) is 5.88 Å². The minimum atomic E-state index is -4.37. The van der Waals surface area contributed by atoms with E-state index in [1.165, 1.54) is 6.07 Å². The lowest BCUT2D eigenvalue weighted by Crippen LogP contribution is -2.19. The Kier molecular flexibility index (Phi) is 2.58. The predicted molar refractivity (Wildman–Crippen MR) is 52.8 cm³/mol. The number of hydrogen-bond donors (Lipinski definition) is 2. The molecule has 0 saturated carbocycles. The van der Waals surface area contributed by atoms with Crippen molar-refractivity contribution >= 4 is 23.4 Å². The first-order valence-corrected chi connectivity index (χ1v) is 4.63. The normalized spacial score (nSPS) is 11.9. The maximum Gasteiger partial charge on any atom is 0.422 e. The Hall–Kier alpha value is -1.57. The first-order chi connectivity index (χ1) is 7.44. The highest BCUT2D eigenvalue weighted by molar-refractivity contribution is 7.71. The molecule has 0 aliphatic rings. The van der Waals surface area contributed by atoms with Crippen LogP contribution >= 0.6 is 12.2 Å². The smallest absolute Gasteiger partial charge is 0.422 e. The van der Waals surface area contributed by atoms with E-state index in [1.807, 2.05) is 0 Å². The molecule has 0 aliphatic carbocycles. The third-order valence-electron chi connectivity index (χ3n) is 1.73. The van der Waals surface area contributed by atoms with Gasteiger partial charge in [-0.05, 0) is 18.3 Å². The highest BCUT2D eigenvalue weighted by Crippen LogP contribution is 2.18. The summed E-state index contributed by atoms with van der Waals surface area (Å²) in [5.41, 5.74) is 0.981. The molecule has 0 saturated heterocycles. The monoisotopic (exact) mass is 249 g/mol. The van der Waals surface area contributed by atoms with Crippen molar-refractivity contribution in [3.05, 3.63) is 16.9 Å². The van der Waals surface area contributed by atoms with Gasteiger partial charge in [-0.2, -0.15) is 18.2 Å². The van der Waals surface area contributed by atoms with Crippen molar-refractivity contribution in [2.75, 3.05) is 6.61 Å². The Labute approximate surface area is 92.5 Å². The fraction of sp³-hybridized carbons (Fsp3) is 0.250. The second-order valence-electron chi connectivity index (χ2n) is 3.03. The minimum Gasteiger partial charge on any atom is -0.468 e. The maximum atomic E-state index is 11.9. The molecule has 0 spiro atoms. The molecule has 2 aromatic heterocycles. The first-order valence-electron chi connectivity index (χ1n) is 4.23. The highest BCUT2D eigenvalue weighted by Gasteiger charge is 2.28. The van der Waals surface area contributed by atoms with E-state index in [0.29, 0.717) is 15.9 Å². The standard InChI is InChI=1S/C8H6F3N3OS/c9-8(10,11)3-15-5-2-1-4-6(13-5)14-7(16)12-4/h1-2H,3H2,(H2,12,13,14,16). The maximum absolute atomic E-state index is 11.9. The number of H-pyrrole nitrogens is 2. The zero-order valence-electron chi connectivity index (χ0n) is 7.76. The molecule has 0 bridgehead atoms. The highest BCUT2D eigenvalue weighted by atomic mass is 32.1. The van der Waals surface area contributed by atoms with Crippen molar-refractivity contribution in [3.63, 3.8) is 0 Å². The van der Waals surface area contributed by atoms with Gasteiger partial charge in [0, 0.05) is 6.07 Å². The molecule has 0 fully saturated rings. The van der Waals surface area contributed by atoms with Crippen LogP contribution in [0.1, 0.15) is 0 Å². The van der Waals surface area contributed by atoms with Gasteiger partial charge in [-0.1, -0.05) is 0 Å². The van der Waals surface area contributed by atoms with E-state index < -0.39 is 12.8 Å². The van der Waals surface area contributed by atoms with Crippen LogP contribution in [0.25, 0.3) is 11.2 Å². The number of alkyl halides is 3. The average Bonchev–Trinajstić information content (AvgIpc) is 2.52. The number of aromatic amines is 2. The minimum absolute atomic E-state index is 0.102. The number of pyridine rings is 1. The van der Waals surface area contributed by atoms with Gasteiger partial charge < -0.3 is 14.7 Å². The first kappa shape index (κ1) is 10.9. The molecule has 0 aromatic carbocycles. The molecular weight excluding hydrogens is 243 g/mol. The van der Waals surface area contributed by atoms with Gasteiger partial charge in [0.05, 0.1) is 5.52 Å². The van der Waals surface area contributed by atoms with Crippen LogP contribution in [-0.4, -0.2) is 27.7 Å².